The van der Waals surface area contributed by atoms with Crippen LogP contribution < -0.4 is 0 Å². The Hall–Kier alpha value is 0.1000. The lowest BCUT2D eigenvalue weighted by Gasteiger charge is -2.00. The number of hydrogen-bond donors (Lipinski definition) is 0. The van der Waals surface area contributed by atoms with Gasteiger partial charge >= 0.3 is 0 Å². The molecular weight excluding hydrogens is 299 g/mol. The third-order valence-corrected chi connectivity index (χ3v) is 5.04. The molecule has 96 valence electrons. The smallest absolute Gasteiger partial charge is 0.177 e. The molecule has 0 bridgehead atoms. The molecule has 0 aliphatic carbocycles. The second-order valence-corrected chi connectivity index (χ2v) is 7.52. The van der Waals surface area contributed by atoms with Gasteiger partial charge in [0, 0.05) is 22.1 Å². The van der Waals surface area contributed by atoms with Gasteiger partial charge in [-0.2, -0.15) is 0 Å². The molecule has 0 saturated heterocycles. The first kappa shape index (κ1) is 15.2. The van der Waals surface area contributed by atoms with Gasteiger partial charge in [-0.25, -0.2) is 0 Å². The van der Waals surface area contributed by atoms with Gasteiger partial charge in [0.1, 0.15) is 4.34 Å². The number of thiophene rings is 1. The van der Waals surface area contributed by atoms with Gasteiger partial charge in [-0.1, -0.05) is 43.0 Å². The van der Waals surface area contributed by atoms with Gasteiger partial charge in [0.05, 0.1) is 10.1 Å². The van der Waals surface area contributed by atoms with Crippen LogP contribution in [0.3, 0.4) is 0 Å². The average Bonchev–Trinajstić information content (AvgIpc) is 2.58. The molecule has 0 aromatic carbocycles. The van der Waals surface area contributed by atoms with Gasteiger partial charge in [-0.05, 0) is 12.5 Å². The lowest BCUT2D eigenvalue weighted by molar-refractivity contribution is 0.102. The maximum absolute atomic E-state index is 11.8. The number of halogens is 2. The standard InChI is InChI=1S/C11H14Cl2O2S2/c1-2-3-4-5-17(15)7-9(14)8-6-10(12)16-11(8)13/h6H,2-5,7H2,1H3. The minimum Gasteiger partial charge on any atom is -0.293 e. The molecule has 0 aliphatic rings. The SMILES string of the molecule is CCCCCS(=O)CC(=O)c1cc(Cl)sc1Cl. The Balaban J connectivity index is 2.49. The molecule has 1 atom stereocenters. The third-order valence-electron chi connectivity index (χ3n) is 2.22. The Morgan fingerprint density at radius 3 is 2.65 bits per heavy atom. The van der Waals surface area contributed by atoms with E-state index >= 15 is 0 Å². The minimum absolute atomic E-state index is 0.0382. The van der Waals surface area contributed by atoms with Crippen LogP contribution in [-0.4, -0.2) is 21.5 Å². The highest BCUT2D eigenvalue weighted by Gasteiger charge is 2.16. The zero-order valence-corrected chi connectivity index (χ0v) is 12.6. The number of unbranched alkanes of at least 4 members (excludes halogenated alkanes) is 2. The molecule has 2 nitrogen and oxygen atoms in total. The van der Waals surface area contributed by atoms with Crippen molar-refractivity contribution in [2.45, 2.75) is 26.2 Å². The van der Waals surface area contributed by atoms with Crippen LogP contribution in [0.2, 0.25) is 8.67 Å². The van der Waals surface area contributed by atoms with Gasteiger partial charge in [0.15, 0.2) is 5.78 Å². The minimum atomic E-state index is -1.10. The summed E-state index contributed by atoms with van der Waals surface area (Å²) in [5.41, 5.74) is 0.394. The van der Waals surface area contributed by atoms with Crippen molar-refractivity contribution >= 4 is 51.1 Å². The fourth-order valence-electron chi connectivity index (χ4n) is 1.34. The van der Waals surface area contributed by atoms with E-state index in [-0.39, 0.29) is 11.5 Å². The number of carbonyl (C=O) groups is 1. The van der Waals surface area contributed by atoms with Crippen LogP contribution >= 0.6 is 34.5 Å². The monoisotopic (exact) mass is 312 g/mol. The summed E-state index contributed by atoms with van der Waals surface area (Å²) in [6, 6.07) is 1.54. The summed E-state index contributed by atoms with van der Waals surface area (Å²) in [6.45, 7) is 2.08. The largest absolute Gasteiger partial charge is 0.293 e. The number of rotatable bonds is 7. The topological polar surface area (TPSA) is 34.1 Å². The van der Waals surface area contributed by atoms with Crippen molar-refractivity contribution in [2.24, 2.45) is 0 Å². The van der Waals surface area contributed by atoms with Crippen molar-refractivity contribution in [3.05, 3.63) is 20.3 Å². The molecule has 1 rings (SSSR count). The fourth-order valence-corrected chi connectivity index (χ4v) is 3.96. The van der Waals surface area contributed by atoms with Crippen molar-refractivity contribution < 1.29 is 9.00 Å². The normalized spacial score (nSPS) is 12.6. The first-order valence-corrected chi connectivity index (χ1v) is 8.43. The molecule has 1 heterocycles. The summed E-state index contributed by atoms with van der Waals surface area (Å²) < 4.78 is 12.5. The summed E-state index contributed by atoms with van der Waals surface area (Å²) in [7, 11) is -1.10. The Morgan fingerprint density at radius 1 is 1.41 bits per heavy atom. The van der Waals surface area contributed by atoms with E-state index in [1.165, 1.54) is 0 Å². The molecular formula is C11H14Cl2O2S2. The highest BCUT2D eigenvalue weighted by atomic mass is 35.5. The van der Waals surface area contributed by atoms with E-state index in [1.54, 1.807) is 6.07 Å². The summed E-state index contributed by atoms with van der Waals surface area (Å²) in [5.74, 6) is 0.430. The molecule has 0 fully saturated rings. The van der Waals surface area contributed by atoms with Gasteiger partial charge in [-0.3, -0.25) is 9.00 Å². The Bertz CT molecular complexity index is 416. The van der Waals surface area contributed by atoms with E-state index in [4.69, 9.17) is 23.2 Å². The van der Waals surface area contributed by atoms with Crippen LogP contribution in [0, 0.1) is 0 Å². The molecule has 0 aliphatic heterocycles. The van der Waals surface area contributed by atoms with E-state index in [1.807, 2.05) is 0 Å². The summed E-state index contributed by atoms with van der Waals surface area (Å²) in [5, 5.41) is 0. The van der Waals surface area contributed by atoms with Crippen LogP contribution in [0.4, 0.5) is 0 Å². The van der Waals surface area contributed by atoms with Gasteiger partial charge in [-0.15, -0.1) is 11.3 Å². The summed E-state index contributed by atoms with van der Waals surface area (Å²) in [4.78, 5) is 11.8. The fraction of sp³-hybridized carbons (Fsp3) is 0.545. The van der Waals surface area contributed by atoms with Crippen LogP contribution in [0.15, 0.2) is 6.07 Å². The van der Waals surface area contributed by atoms with Gasteiger partial charge < -0.3 is 0 Å². The molecule has 1 aromatic heterocycles. The number of Topliss-reactive ketones (excluding diaryl/α,β-unsaturated/α-hetero) is 1. The molecule has 17 heavy (non-hydrogen) atoms. The van der Waals surface area contributed by atoms with E-state index < -0.39 is 10.8 Å². The van der Waals surface area contributed by atoms with Crippen LogP contribution in [0.1, 0.15) is 36.5 Å². The summed E-state index contributed by atoms with van der Waals surface area (Å²) in [6.07, 6.45) is 3.02. The second kappa shape index (κ2) is 7.52. The van der Waals surface area contributed by atoms with Crippen molar-refractivity contribution in [1.82, 2.24) is 0 Å². The summed E-state index contributed by atoms with van der Waals surface area (Å²) >= 11 is 12.8. The molecule has 0 N–H and O–H groups in total. The highest BCUT2D eigenvalue weighted by molar-refractivity contribution is 7.85. The first-order chi connectivity index (χ1) is 8.04. The third kappa shape index (κ3) is 5.08. The van der Waals surface area contributed by atoms with Crippen LogP contribution in [0.25, 0.3) is 0 Å². The quantitative estimate of drug-likeness (QED) is 0.559. The zero-order valence-electron chi connectivity index (χ0n) is 9.50. The number of carbonyl (C=O) groups excluding carboxylic acids is 1. The van der Waals surface area contributed by atoms with Crippen molar-refractivity contribution in [1.29, 1.82) is 0 Å². The Labute approximate surface area is 118 Å². The zero-order chi connectivity index (χ0) is 12.8. The molecule has 1 aromatic rings. The lowest BCUT2D eigenvalue weighted by atomic mass is 10.2. The number of ketones is 1. The molecule has 0 saturated carbocycles. The van der Waals surface area contributed by atoms with Gasteiger partial charge in [0.25, 0.3) is 0 Å². The van der Waals surface area contributed by atoms with Crippen LogP contribution in [0.5, 0.6) is 0 Å². The van der Waals surface area contributed by atoms with Gasteiger partial charge in [0.2, 0.25) is 0 Å². The highest BCUT2D eigenvalue weighted by Crippen LogP contribution is 2.31. The predicted molar refractivity (Wildman–Crippen MR) is 76.1 cm³/mol. The Morgan fingerprint density at radius 2 is 2.12 bits per heavy atom. The van der Waals surface area contributed by atoms with Crippen molar-refractivity contribution in [2.75, 3.05) is 11.5 Å². The van der Waals surface area contributed by atoms with E-state index in [2.05, 4.69) is 6.92 Å². The van der Waals surface area contributed by atoms with E-state index in [0.29, 0.717) is 20.0 Å². The first-order valence-electron chi connectivity index (χ1n) is 5.37. The maximum Gasteiger partial charge on any atom is 0.177 e. The predicted octanol–water partition coefficient (Wildman–Crippen LogP) is 4.18. The molecule has 0 spiro atoms. The second-order valence-electron chi connectivity index (χ2n) is 3.66. The number of hydrogen-bond acceptors (Lipinski definition) is 3. The molecule has 1 unspecified atom stereocenters. The van der Waals surface area contributed by atoms with E-state index in [9.17, 15) is 9.00 Å². The molecule has 0 radical (unpaired) electrons. The molecule has 6 heteroatoms. The Kier molecular flexibility index (Phi) is 6.70. The van der Waals surface area contributed by atoms with E-state index in [0.717, 1.165) is 30.6 Å². The maximum atomic E-state index is 11.8. The van der Waals surface area contributed by atoms with Crippen LogP contribution in [-0.2, 0) is 10.8 Å². The lowest BCUT2D eigenvalue weighted by Crippen LogP contribution is -2.13. The molecule has 0 amide bonds. The van der Waals surface area contributed by atoms with Crippen molar-refractivity contribution in [3.63, 3.8) is 0 Å². The average molecular weight is 313 g/mol. The van der Waals surface area contributed by atoms with Crippen molar-refractivity contribution in [3.8, 4) is 0 Å².